The van der Waals surface area contributed by atoms with Crippen molar-refractivity contribution in [2.45, 2.75) is 16.5 Å². The van der Waals surface area contributed by atoms with Gasteiger partial charge >= 0.3 is 0 Å². The second-order valence-corrected chi connectivity index (χ2v) is 6.30. The van der Waals surface area contributed by atoms with E-state index in [1.54, 1.807) is 7.05 Å². The van der Waals surface area contributed by atoms with Crippen LogP contribution >= 0.6 is 23.1 Å². The molecule has 0 aliphatic carbocycles. The zero-order valence-electron chi connectivity index (χ0n) is 10.6. The third kappa shape index (κ3) is 3.93. The average molecular weight is 294 g/mol. The SMILES string of the molecule is CNc1nnc(S[C@H](C)C(=O)Nc2ccccc2)s1. The van der Waals surface area contributed by atoms with Gasteiger partial charge in [0.05, 0.1) is 5.25 Å². The molecule has 0 radical (unpaired) electrons. The van der Waals surface area contributed by atoms with Crippen molar-refractivity contribution in [3.63, 3.8) is 0 Å². The van der Waals surface area contributed by atoms with Gasteiger partial charge in [-0.15, -0.1) is 10.2 Å². The molecule has 1 heterocycles. The molecular weight excluding hydrogens is 280 g/mol. The predicted octanol–water partition coefficient (Wildman–Crippen LogP) is 2.70. The van der Waals surface area contributed by atoms with Crippen molar-refractivity contribution in [3.05, 3.63) is 30.3 Å². The summed E-state index contributed by atoms with van der Waals surface area (Å²) in [6, 6.07) is 9.40. The molecule has 2 N–H and O–H groups in total. The number of amides is 1. The minimum atomic E-state index is -0.224. The zero-order chi connectivity index (χ0) is 13.7. The molecule has 0 spiro atoms. The number of hydrogen-bond donors (Lipinski definition) is 2. The van der Waals surface area contributed by atoms with Crippen LogP contribution in [0.1, 0.15) is 6.92 Å². The number of rotatable bonds is 5. The first-order valence-corrected chi connectivity index (χ1v) is 7.42. The molecule has 0 saturated heterocycles. The van der Waals surface area contributed by atoms with E-state index in [4.69, 9.17) is 0 Å². The van der Waals surface area contributed by atoms with Crippen LogP contribution in [0.4, 0.5) is 10.8 Å². The molecular formula is C12H14N4OS2. The maximum Gasteiger partial charge on any atom is 0.237 e. The number of thioether (sulfide) groups is 1. The normalized spacial score (nSPS) is 11.9. The van der Waals surface area contributed by atoms with Crippen LogP contribution in [0.3, 0.4) is 0 Å². The molecule has 1 aromatic heterocycles. The highest BCUT2D eigenvalue weighted by Crippen LogP contribution is 2.29. The second kappa shape index (κ2) is 6.53. The molecule has 2 rings (SSSR count). The third-order valence-electron chi connectivity index (χ3n) is 2.31. The fourth-order valence-corrected chi connectivity index (χ4v) is 3.18. The standard InChI is InChI=1S/C12H14N4OS2/c1-8(18-12-16-15-11(13-2)19-12)10(17)14-9-6-4-3-5-7-9/h3-8H,1-2H3,(H,13,15)(H,14,17)/t8-/m1/s1. The van der Waals surface area contributed by atoms with Crippen molar-refractivity contribution < 1.29 is 4.79 Å². The molecule has 100 valence electrons. The Balaban J connectivity index is 1.92. The molecule has 7 heteroatoms. The molecule has 0 aliphatic heterocycles. The van der Waals surface area contributed by atoms with Crippen molar-refractivity contribution in [1.82, 2.24) is 10.2 Å². The molecule has 0 aliphatic rings. The number of nitrogens with zero attached hydrogens (tertiary/aromatic N) is 2. The number of benzene rings is 1. The average Bonchev–Trinajstić information content (AvgIpc) is 2.87. The van der Waals surface area contributed by atoms with Gasteiger partial charge in [-0.1, -0.05) is 41.3 Å². The molecule has 0 unspecified atom stereocenters. The monoisotopic (exact) mass is 294 g/mol. The highest BCUT2D eigenvalue weighted by molar-refractivity contribution is 8.02. The Morgan fingerprint density at radius 3 is 2.68 bits per heavy atom. The van der Waals surface area contributed by atoms with Gasteiger partial charge in [0.1, 0.15) is 0 Å². The van der Waals surface area contributed by atoms with Crippen LogP contribution in [0.5, 0.6) is 0 Å². The fraction of sp³-hybridized carbons (Fsp3) is 0.250. The summed E-state index contributed by atoms with van der Waals surface area (Å²) in [5, 5.41) is 14.2. The van der Waals surface area contributed by atoms with Gasteiger partial charge in [-0.05, 0) is 19.1 Å². The van der Waals surface area contributed by atoms with E-state index in [9.17, 15) is 4.79 Å². The highest BCUT2D eigenvalue weighted by atomic mass is 32.2. The number of para-hydroxylation sites is 1. The van der Waals surface area contributed by atoms with Crippen molar-refractivity contribution in [2.24, 2.45) is 0 Å². The number of nitrogens with one attached hydrogen (secondary N) is 2. The van der Waals surface area contributed by atoms with E-state index in [0.29, 0.717) is 0 Å². The molecule has 1 atom stereocenters. The highest BCUT2D eigenvalue weighted by Gasteiger charge is 2.17. The third-order valence-corrected chi connectivity index (χ3v) is 4.43. The quantitative estimate of drug-likeness (QED) is 0.830. The maximum atomic E-state index is 12.0. The van der Waals surface area contributed by atoms with Gasteiger partial charge in [-0.25, -0.2) is 0 Å². The first-order valence-electron chi connectivity index (χ1n) is 5.73. The summed E-state index contributed by atoms with van der Waals surface area (Å²) in [5.74, 6) is -0.0441. The van der Waals surface area contributed by atoms with Gasteiger partial charge in [0.25, 0.3) is 0 Å². The second-order valence-electron chi connectivity index (χ2n) is 3.74. The van der Waals surface area contributed by atoms with Crippen molar-refractivity contribution in [2.75, 3.05) is 17.7 Å². The fourth-order valence-electron chi connectivity index (χ4n) is 1.33. The minimum Gasteiger partial charge on any atom is -0.363 e. The molecule has 0 fully saturated rings. The predicted molar refractivity (Wildman–Crippen MR) is 79.8 cm³/mol. The molecule has 1 amide bonds. The van der Waals surface area contributed by atoms with Crippen LogP contribution in [-0.2, 0) is 4.79 Å². The van der Waals surface area contributed by atoms with E-state index in [1.165, 1.54) is 23.1 Å². The van der Waals surface area contributed by atoms with E-state index in [-0.39, 0.29) is 11.2 Å². The van der Waals surface area contributed by atoms with Crippen LogP contribution in [0.25, 0.3) is 0 Å². The number of carbonyl (C=O) groups excluding carboxylic acids is 1. The summed E-state index contributed by atoms with van der Waals surface area (Å²) in [4.78, 5) is 12.0. The Labute approximate surface area is 119 Å². The lowest BCUT2D eigenvalue weighted by Gasteiger charge is -2.09. The van der Waals surface area contributed by atoms with Gasteiger partial charge in [0.2, 0.25) is 11.0 Å². The Hall–Kier alpha value is -1.60. The topological polar surface area (TPSA) is 66.9 Å². The lowest BCUT2D eigenvalue weighted by atomic mass is 10.3. The Morgan fingerprint density at radius 1 is 1.32 bits per heavy atom. The molecule has 0 saturated carbocycles. The van der Waals surface area contributed by atoms with E-state index in [2.05, 4.69) is 20.8 Å². The Bertz CT molecular complexity index is 544. The molecule has 5 nitrogen and oxygen atoms in total. The summed E-state index contributed by atoms with van der Waals surface area (Å²) < 4.78 is 0.778. The number of aromatic nitrogens is 2. The number of hydrogen-bond acceptors (Lipinski definition) is 6. The molecule has 2 aromatic rings. The first-order chi connectivity index (χ1) is 9.19. The lowest BCUT2D eigenvalue weighted by Crippen LogP contribution is -2.22. The van der Waals surface area contributed by atoms with Gasteiger partial charge in [-0.2, -0.15) is 0 Å². The number of anilines is 2. The first kappa shape index (κ1) is 13.8. The Morgan fingerprint density at radius 2 is 2.05 bits per heavy atom. The van der Waals surface area contributed by atoms with Crippen molar-refractivity contribution >= 4 is 39.8 Å². The van der Waals surface area contributed by atoms with Crippen LogP contribution in [0, 0.1) is 0 Å². The van der Waals surface area contributed by atoms with E-state index in [1.807, 2.05) is 37.3 Å². The summed E-state index contributed by atoms with van der Waals surface area (Å²) in [6.07, 6.45) is 0. The van der Waals surface area contributed by atoms with Gasteiger partial charge < -0.3 is 10.6 Å². The minimum absolute atomic E-state index is 0.0441. The summed E-state index contributed by atoms with van der Waals surface area (Å²) in [6.45, 7) is 1.85. The Kier molecular flexibility index (Phi) is 4.75. The van der Waals surface area contributed by atoms with Crippen LogP contribution < -0.4 is 10.6 Å². The van der Waals surface area contributed by atoms with Crippen molar-refractivity contribution in [3.8, 4) is 0 Å². The summed E-state index contributed by atoms with van der Waals surface area (Å²) in [7, 11) is 1.79. The van der Waals surface area contributed by atoms with E-state index in [0.717, 1.165) is 15.2 Å². The zero-order valence-corrected chi connectivity index (χ0v) is 12.2. The van der Waals surface area contributed by atoms with Gasteiger partial charge in [-0.3, -0.25) is 4.79 Å². The van der Waals surface area contributed by atoms with E-state index >= 15 is 0 Å². The summed E-state index contributed by atoms with van der Waals surface area (Å²) >= 11 is 2.83. The van der Waals surface area contributed by atoms with Crippen molar-refractivity contribution in [1.29, 1.82) is 0 Å². The van der Waals surface area contributed by atoms with Gasteiger partial charge in [0, 0.05) is 12.7 Å². The van der Waals surface area contributed by atoms with E-state index < -0.39 is 0 Å². The van der Waals surface area contributed by atoms with Crippen LogP contribution in [0.2, 0.25) is 0 Å². The lowest BCUT2D eigenvalue weighted by molar-refractivity contribution is -0.115. The van der Waals surface area contributed by atoms with Crippen LogP contribution in [0.15, 0.2) is 34.7 Å². The van der Waals surface area contributed by atoms with Crippen LogP contribution in [-0.4, -0.2) is 28.4 Å². The maximum absolute atomic E-state index is 12.0. The summed E-state index contributed by atoms with van der Waals surface area (Å²) in [5.41, 5.74) is 0.799. The molecule has 1 aromatic carbocycles. The smallest absolute Gasteiger partial charge is 0.237 e. The largest absolute Gasteiger partial charge is 0.363 e. The molecule has 0 bridgehead atoms. The van der Waals surface area contributed by atoms with Gasteiger partial charge in [0.15, 0.2) is 4.34 Å². The molecule has 19 heavy (non-hydrogen) atoms. The number of carbonyl (C=O) groups is 1.